The lowest BCUT2D eigenvalue weighted by Crippen LogP contribution is -2.28. The molecular formula is C42H83O10P. The molecular weight excluding hydrogens is 695 g/mol. The summed E-state index contributed by atoms with van der Waals surface area (Å²) in [5, 5.41) is 19.2. The van der Waals surface area contributed by atoms with Gasteiger partial charge in [0.2, 0.25) is 0 Å². The quantitative estimate of drug-likeness (QED) is 0.0310. The van der Waals surface area contributed by atoms with Gasteiger partial charge in [-0.25, -0.2) is 4.57 Å². The van der Waals surface area contributed by atoms with E-state index in [0.29, 0.717) is 12.8 Å². The third kappa shape index (κ3) is 37.7. The Balaban J connectivity index is 3.88. The highest BCUT2D eigenvalue weighted by Crippen LogP contribution is 2.43. The molecule has 0 aliphatic carbocycles. The zero-order valence-corrected chi connectivity index (χ0v) is 35.2. The molecule has 0 aromatic heterocycles. The van der Waals surface area contributed by atoms with Crippen LogP contribution in [0.5, 0.6) is 0 Å². The van der Waals surface area contributed by atoms with Crippen molar-refractivity contribution >= 4 is 19.8 Å². The highest BCUT2D eigenvalue weighted by atomic mass is 31.2. The van der Waals surface area contributed by atoms with Gasteiger partial charge in [0.1, 0.15) is 12.2 Å². The number of unbranched alkanes of at least 4 members (excludes halogenated alkanes) is 28. The zero-order valence-electron chi connectivity index (χ0n) is 34.3. The molecule has 0 spiro atoms. The van der Waals surface area contributed by atoms with E-state index in [-0.39, 0.29) is 12.8 Å². The molecule has 0 heterocycles. The molecule has 11 heteroatoms. The largest absolute Gasteiger partial charge is 0.472 e. The van der Waals surface area contributed by atoms with Crippen LogP contribution in [-0.4, -0.2) is 65.7 Å². The summed E-state index contributed by atoms with van der Waals surface area (Å²) < 4.78 is 32.6. The van der Waals surface area contributed by atoms with Crippen LogP contribution in [0.15, 0.2) is 0 Å². The Morgan fingerprint density at radius 1 is 0.434 bits per heavy atom. The average molecular weight is 779 g/mol. The number of hydrogen-bond donors (Lipinski definition) is 3. The number of phosphoric acid groups is 1. The SMILES string of the molecule is CCCCCCCCCCCCCCCCCC(=O)OC(CO)COP(=O)(O)OCC(CO)OC(=O)CCCCCCCCCCCCCCCCC. The van der Waals surface area contributed by atoms with Crippen LogP contribution in [0.25, 0.3) is 0 Å². The maximum absolute atomic E-state index is 12.4. The highest BCUT2D eigenvalue weighted by Gasteiger charge is 2.27. The number of hydrogen-bond acceptors (Lipinski definition) is 9. The second-order valence-corrected chi connectivity index (χ2v) is 16.5. The van der Waals surface area contributed by atoms with Crippen LogP contribution in [0.4, 0.5) is 0 Å². The van der Waals surface area contributed by atoms with Crippen LogP contribution in [-0.2, 0) is 32.7 Å². The second kappa shape index (κ2) is 39.2. The normalized spacial score (nSPS) is 13.8. The van der Waals surface area contributed by atoms with Crippen LogP contribution >= 0.6 is 7.82 Å². The highest BCUT2D eigenvalue weighted by molar-refractivity contribution is 7.47. The Labute approximate surface area is 324 Å². The lowest BCUT2D eigenvalue weighted by atomic mass is 10.0. The van der Waals surface area contributed by atoms with E-state index in [9.17, 15) is 29.3 Å². The predicted octanol–water partition coefficient (Wildman–Crippen LogP) is 11.5. The second-order valence-electron chi connectivity index (χ2n) is 15.0. The molecule has 0 saturated heterocycles. The topological polar surface area (TPSA) is 149 Å². The van der Waals surface area contributed by atoms with E-state index in [1.54, 1.807) is 0 Å². The summed E-state index contributed by atoms with van der Waals surface area (Å²) in [6, 6.07) is 0. The first kappa shape index (κ1) is 52.0. The molecule has 0 bridgehead atoms. The molecule has 0 aromatic carbocycles. The molecule has 0 aliphatic rings. The molecule has 316 valence electrons. The summed E-state index contributed by atoms with van der Waals surface area (Å²) in [6.07, 6.45) is 35.0. The fraction of sp³-hybridized carbons (Fsp3) is 0.952. The van der Waals surface area contributed by atoms with Gasteiger partial charge in [-0.2, -0.15) is 0 Å². The molecule has 0 aliphatic heterocycles. The third-order valence-electron chi connectivity index (χ3n) is 9.82. The Kier molecular flexibility index (Phi) is 38.5. The number of aliphatic hydroxyl groups excluding tert-OH is 2. The van der Waals surface area contributed by atoms with Gasteiger partial charge in [-0.15, -0.1) is 0 Å². The molecule has 10 nitrogen and oxygen atoms in total. The Hall–Kier alpha value is -1.03. The minimum atomic E-state index is -4.63. The van der Waals surface area contributed by atoms with Gasteiger partial charge in [0.15, 0.2) is 0 Å². The summed E-state index contributed by atoms with van der Waals surface area (Å²) >= 11 is 0. The Morgan fingerprint density at radius 3 is 0.887 bits per heavy atom. The van der Waals surface area contributed by atoms with Crippen LogP contribution in [0, 0.1) is 0 Å². The molecule has 0 radical (unpaired) electrons. The molecule has 53 heavy (non-hydrogen) atoms. The summed E-state index contributed by atoms with van der Waals surface area (Å²) in [5.74, 6) is -1.00. The number of carbonyl (C=O) groups excluding carboxylic acids is 2. The van der Waals surface area contributed by atoms with Gasteiger partial charge in [-0.1, -0.05) is 194 Å². The maximum atomic E-state index is 12.4. The van der Waals surface area contributed by atoms with Crippen molar-refractivity contribution in [3.8, 4) is 0 Å². The lowest BCUT2D eigenvalue weighted by molar-refractivity contribution is -0.153. The number of phosphoric ester groups is 1. The monoisotopic (exact) mass is 779 g/mol. The molecule has 3 N–H and O–H groups in total. The Bertz CT molecular complexity index is 794. The van der Waals surface area contributed by atoms with Crippen LogP contribution in [0.1, 0.15) is 219 Å². The molecule has 0 rings (SSSR count). The van der Waals surface area contributed by atoms with Crippen molar-refractivity contribution in [3.05, 3.63) is 0 Å². The number of esters is 2. The van der Waals surface area contributed by atoms with E-state index in [1.165, 1.54) is 141 Å². The van der Waals surface area contributed by atoms with Gasteiger partial charge in [0, 0.05) is 12.8 Å². The molecule has 0 fully saturated rings. The standard InChI is InChI=1S/C42H83O10P/c1-3-5-7-9-11-13-15-17-19-21-23-25-27-29-31-33-41(45)51-39(35-43)37-49-53(47,48)50-38-40(36-44)52-42(46)34-32-30-28-26-24-22-20-18-16-14-12-10-8-6-4-2/h39-40,43-44H,3-38H2,1-2H3,(H,47,48). The minimum Gasteiger partial charge on any atom is -0.457 e. The van der Waals surface area contributed by atoms with Crippen LogP contribution in [0.2, 0.25) is 0 Å². The van der Waals surface area contributed by atoms with Crippen molar-refractivity contribution in [2.24, 2.45) is 0 Å². The van der Waals surface area contributed by atoms with E-state index < -0.39 is 58.4 Å². The lowest BCUT2D eigenvalue weighted by Gasteiger charge is -2.20. The third-order valence-corrected chi connectivity index (χ3v) is 10.8. The van der Waals surface area contributed by atoms with Crippen molar-refractivity contribution in [1.29, 1.82) is 0 Å². The summed E-state index contributed by atoms with van der Waals surface area (Å²) in [4.78, 5) is 34.5. The van der Waals surface area contributed by atoms with Crippen molar-refractivity contribution in [2.75, 3.05) is 26.4 Å². The first-order chi connectivity index (χ1) is 25.8. The van der Waals surface area contributed by atoms with E-state index in [4.69, 9.17) is 18.5 Å². The van der Waals surface area contributed by atoms with E-state index in [2.05, 4.69) is 13.8 Å². The van der Waals surface area contributed by atoms with Crippen molar-refractivity contribution in [2.45, 2.75) is 232 Å². The zero-order chi connectivity index (χ0) is 39.1. The van der Waals surface area contributed by atoms with Crippen molar-refractivity contribution in [1.82, 2.24) is 0 Å². The van der Waals surface area contributed by atoms with Gasteiger partial charge in [-0.3, -0.25) is 18.6 Å². The first-order valence-corrected chi connectivity index (χ1v) is 23.5. The van der Waals surface area contributed by atoms with Gasteiger partial charge < -0.3 is 24.6 Å². The smallest absolute Gasteiger partial charge is 0.457 e. The van der Waals surface area contributed by atoms with Crippen LogP contribution in [0.3, 0.4) is 0 Å². The molecule has 0 aromatic rings. The van der Waals surface area contributed by atoms with Crippen molar-refractivity contribution < 1.29 is 47.8 Å². The number of rotatable bonds is 42. The fourth-order valence-electron chi connectivity index (χ4n) is 6.41. The first-order valence-electron chi connectivity index (χ1n) is 22.0. The fourth-order valence-corrected chi connectivity index (χ4v) is 7.19. The number of carbonyl (C=O) groups is 2. The predicted molar refractivity (Wildman–Crippen MR) is 215 cm³/mol. The molecule has 2 unspecified atom stereocenters. The summed E-state index contributed by atoms with van der Waals surface area (Å²) in [7, 11) is -4.63. The number of aliphatic hydroxyl groups is 2. The van der Waals surface area contributed by atoms with E-state index >= 15 is 0 Å². The van der Waals surface area contributed by atoms with E-state index in [1.807, 2.05) is 0 Å². The average Bonchev–Trinajstić information content (AvgIpc) is 3.14. The van der Waals surface area contributed by atoms with E-state index in [0.717, 1.165) is 38.5 Å². The molecule has 0 amide bonds. The number of ether oxygens (including phenoxy) is 2. The van der Waals surface area contributed by atoms with Crippen molar-refractivity contribution in [3.63, 3.8) is 0 Å². The van der Waals surface area contributed by atoms with Crippen LogP contribution < -0.4 is 0 Å². The summed E-state index contributed by atoms with van der Waals surface area (Å²) in [5.41, 5.74) is 0. The van der Waals surface area contributed by atoms with Gasteiger partial charge >= 0.3 is 19.8 Å². The van der Waals surface area contributed by atoms with Gasteiger partial charge in [0.05, 0.1) is 26.4 Å². The van der Waals surface area contributed by atoms with Gasteiger partial charge in [0.25, 0.3) is 0 Å². The summed E-state index contributed by atoms with van der Waals surface area (Å²) in [6.45, 7) is 2.25. The molecule has 0 saturated carbocycles. The Morgan fingerprint density at radius 2 is 0.660 bits per heavy atom. The molecule has 2 atom stereocenters. The minimum absolute atomic E-state index is 0.199. The maximum Gasteiger partial charge on any atom is 0.472 e. The van der Waals surface area contributed by atoms with Gasteiger partial charge in [-0.05, 0) is 12.8 Å².